The predicted molar refractivity (Wildman–Crippen MR) is 84.9 cm³/mol. The van der Waals surface area contributed by atoms with E-state index in [4.69, 9.17) is 5.53 Å². The summed E-state index contributed by atoms with van der Waals surface area (Å²) >= 11 is 0. The van der Waals surface area contributed by atoms with Crippen molar-refractivity contribution in [1.82, 2.24) is 0 Å². The van der Waals surface area contributed by atoms with Crippen molar-refractivity contribution >= 4 is 5.78 Å². The summed E-state index contributed by atoms with van der Waals surface area (Å²) in [6.45, 7) is 0. The van der Waals surface area contributed by atoms with E-state index < -0.39 is 6.04 Å². The average molecular weight is 291 g/mol. The topological polar surface area (TPSA) is 65.8 Å². The Kier molecular flexibility index (Phi) is 7.08. The third-order valence-electron chi connectivity index (χ3n) is 5.37. The third-order valence-corrected chi connectivity index (χ3v) is 5.37. The highest BCUT2D eigenvalue weighted by molar-refractivity contribution is 5.84. The number of carbonyl (C=O) groups excluding carboxylic acids is 1. The molecular weight excluding hydrogens is 262 g/mol. The normalized spacial score (nSPS) is 22.5. The molecule has 0 amide bonds. The number of azide groups is 1. The fraction of sp³-hybridized carbons (Fsp3) is 0.941. The highest BCUT2D eigenvalue weighted by Gasteiger charge is 2.24. The van der Waals surface area contributed by atoms with Crippen molar-refractivity contribution in [2.75, 3.05) is 0 Å². The average Bonchev–Trinajstić information content (AvgIpc) is 2.54. The quantitative estimate of drug-likeness (QED) is 0.343. The van der Waals surface area contributed by atoms with E-state index in [0.717, 1.165) is 18.8 Å². The molecule has 4 nitrogen and oxygen atoms in total. The van der Waals surface area contributed by atoms with Crippen molar-refractivity contribution in [3.63, 3.8) is 0 Å². The molecule has 1 unspecified atom stereocenters. The van der Waals surface area contributed by atoms with Crippen molar-refractivity contribution < 1.29 is 4.79 Å². The number of hydrogen-bond acceptors (Lipinski definition) is 2. The molecule has 1 atom stereocenters. The molecular formula is C17H29N3O. The van der Waals surface area contributed by atoms with E-state index in [1.165, 1.54) is 64.2 Å². The number of Topliss-reactive ketones (excluding diaryl/α,β-unsaturated/α-hetero) is 1. The van der Waals surface area contributed by atoms with Gasteiger partial charge in [-0.15, -0.1) is 0 Å². The maximum Gasteiger partial charge on any atom is 0.141 e. The largest absolute Gasteiger partial charge is 0.299 e. The van der Waals surface area contributed by atoms with Gasteiger partial charge in [0.15, 0.2) is 0 Å². The number of carbonyl (C=O) groups is 1. The lowest BCUT2D eigenvalue weighted by atomic mass is 9.82. The number of nitrogens with zero attached hydrogens (tertiary/aromatic N) is 3. The molecule has 118 valence electrons. The van der Waals surface area contributed by atoms with Crippen molar-refractivity contribution in [1.29, 1.82) is 0 Å². The first-order valence-corrected chi connectivity index (χ1v) is 8.86. The van der Waals surface area contributed by atoms with Crippen LogP contribution in [-0.2, 0) is 4.79 Å². The van der Waals surface area contributed by atoms with Crippen LogP contribution >= 0.6 is 0 Å². The first kappa shape index (κ1) is 16.4. The summed E-state index contributed by atoms with van der Waals surface area (Å²) in [4.78, 5) is 15.3. The maximum absolute atomic E-state index is 12.4. The highest BCUT2D eigenvalue weighted by atomic mass is 16.1. The van der Waals surface area contributed by atoms with Gasteiger partial charge in [-0.05, 0) is 30.2 Å². The molecule has 0 aromatic rings. The van der Waals surface area contributed by atoms with Crippen LogP contribution in [-0.4, -0.2) is 11.8 Å². The smallest absolute Gasteiger partial charge is 0.141 e. The molecule has 0 spiro atoms. The Morgan fingerprint density at radius 2 is 1.57 bits per heavy atom. The maximum atomic E-state index is 12.4. The molecule has 2 rings (SSSR count). The van der Waals surface area contributed by atoms with Gasteiger partial charge in [0.2, 0.25) is 0 Å². The van der Waals surface area contributed by atoms with Crippen LogP contribution in [0.1, 0.15) is 83.5 Å². The minimum absolute atomic E-state index is 0.184. The Bertz CT molecular complexity index is 364. The molecule has 0 radical (unpaired) electrons. The van der Waals surface area contributed by atoms with E-state index in [1.807, 2.05) is 0 Å². The van der Waals surface area contributed by atoms with Gasteiger partial charge in [0, 0.05) is 11.3 Å². The second-order valence-corrected chi connectivity index (χ2v) is 6.97. The molecule has 21 heavy (non-hydrogen) atoms. The van der Waals surface area contributed by atoms with E-state index in [0.29, 0.717) is 12.3 Å². The minimum atomic E-state index is -0.401. The zero-order valence-corrected chi connectivity index (χ0v) is 13.2. The lowest BCUT2D eigenvalue weighted by molar-refractivity contribution is -0.121. The summed E-state index contributed by atoms with van der Waals surface area (Å²) in [5.41, 5.74) is 8.74. The van der Waals surface area contributed by atoms with Crippen molar-refractivity contribution in [2.45, 2.75) is 89.5 Å². The molecule has 0 bridgehead atoms. The van der Waals surface area contributed by atoms with Crippen LogP contribution < -0.4 is 0 Å². The monoisotopic (exact) mass is 291 g/mol. The fourth-order valence-corrected chi connectivity index (χ4v) is 4.03. The molecule has 2 aliphatic carbocycles. The van der Waals surface area contributed by atoms with Crippen molar-refractivity contribution in [3.8, 4) is 0 Å². The first-order valence-electron chi connectivity index (χ1n) is 8.86. The van der Waals surface area contributed by atoms with Gasteiger partial charge in [-0.25, -0.2) is 0 Å². The van der Waals surface area contributed by atoms with Gasteiger partial charge >= 0.3 is 0 Å². The number of ketones is 1. The lowest BCUT2D eigenvalue weighted by Crippen LogP contribution is -2.23. The standard InChI is InChI=1S/C17H29N3O/c18-20-19-16(13-15-9-5-2-6-10-15)17(21)12-11-14-7-3-1-4-8-14/h14-16H,1-13H2. The molecule has 2 aliphatic rings. The Balaban J connectivity index is 1.78. The molecule has 0 N–H and O–H groups in total. The predicted octanol–water partition coefficient (Wildman–Crippen LogP) is 5.57. The molecule has 2 saturated carbocycles. The molecule has 4 heteroatoms. The third kappa shape index (κ3) is 5.70. The minimum Gasteiger partial charge on any atom is -0.299 e. The van der Waals surface area contributed by atoms with Crippen molar-refractivity contribution in [2.24, 2.45) is 17.0 Å². The van der Waals surface area contributed by atoms with Crippen molar-refractivity contribution in [3.05, 3.63) is 10.4 Å². The van der Waals surface area contributed by atoms with Crippen LogP contribution in [0.3, 0.4) is 0 Å². The van der Waals surface area contributed by atoms with Crippen LogP contribution in [0.2, 0.25) is 0 Å². The van der Waals surface area contributed by atoms with E-state index in [-0.39, 0.29) is 5.78 Å². The highest BCUT2D eigenvalue weighted by Crippen LogP contribution is 2.30. The summed E-state index contributed by atoms with van der Waals surface area (Å²) in [6.07, 6.45) is 15.2. The molecule has 0 aliphatic heterocycles. The SMILES string of the molecule is [N-]=[N+]=NC(CC1CCCCC1)C(=O)CCC1CCCCC1. The summed E-state index contributed by atoms with van der Waals surface area (Å²) in [5.74, 6) is 1.50. The van der Waals surface area contributed by atoms with E-state index in [9.17, 15) is 4.79 Å². The Morgan fingerprint density at radius 1 is 1.00 bits per heavy atom. The Morgan fingerprint density at radius 3 is 2.14 bits per heavy atom. The van der Waals surface area contributed by atoms with Gasteiger partial charge < -0.3 is 0 Å². The second-order valence-electron chi connectivity index (χ2n) is 6.97. The van der Waals surface area contributed by atoms with Crippen LogP contribution in [0, 0.1) is 11.8 Å². The van der Waals surface area contributed by atoms with Gasteiger partial charge in [-0.3, -0.25) is 4.79 Å². The first-order chi connectivity index (χ1) is 10.3. The second kappa shape index (κ2) is 9.09. The lowest BCUT2D eigenvalue weighted by Gasteiger charge is -2.25. The molecule has 0 aromatic heterocycles. The Hall–Kier alpha value is -1.02. The van der Waals surface area contributed by atoms with Crippen LogP contribution in [0.25, 0.3) is 10.4 Å². The summed E-state index contributed by atoms with van der Waals surface area (Å²) in [7, 11) is 0. The zero-order chi connectivity index (χ0) is 14.9. The van der Waals surface area contributed by atoms with E-state index in [1.54, 1.807) is 0 Å². The van der Waals surface area contributed by atoms with E-state index in [2.05, 4.69) is 10.0 Å². The molecule has 0 saturated heterocycles. The van der Waals surface area contributed by atoms with E-state index >= 15 is 0 Å². The molecule has 0 heterocycles. The number of rotatable bonds is 7. The summed E-state index contributed by atoms with van der Waals surface area (Å²) in [5, 5.41) is 3.81. The van der Waals surface area contributed by atoms with Crippen LogP contribution in [0.5, 0.6) is 0 Å². The number of hydrogen-bond donors (Lipinski definition) is 0. The van der Waals surface area contributed by atoms with Gasteiger partial charge in [0.25, 0.3) is 0 Å². The molecule has 0 aromatic carbocycles. The molecule has 2 fully saturated rings. The van der Waals surface area contributed by atoms with Crippen LogP contribution in [0.15, 0.2) is 5.11 Å². The summed E-state index contributed by atoms with van der Waals surface area (Å²) in [6, 6.07) is -0.401. The Labute approximate surface area is 128 Å². The van der Waals surface area contributed by atoms with Gasteiger partial charge in [0.05, 0.1) is 6.04 Å². The zero-order valence-electron chi connectivity index (χ0n) is 13.2. The van der Waals surface area contributed by atoms with Gasteiger partial charge in [-0.1, -0.05) is 69.3 Å². The van der Waals surface area contributed by atoms with Gasteiger partial charge in [0.1, 0.15) is 5.78 Å². The fourth-order valence-electron chi connectivity index (χ4n) is 4.03. The van der Waals surface area contributed by atoms with Crippen LogP contribution in [0.4, 0.5) is 0 Å². The summed E-state index contributed by atoms with van der Waals surface area (Å²) < 4.78 is 0. The van der Waals surface area contributed by atoms with Gasteiger partial charge in [-0.2, -0.15) is 0 Å².